The van der Waals surface area contributed by atoms with Gasteiger partial charge in [-0.15, -0.1) is 22.7 Å². The molecule has 0 aliphatic carbocycles. The van der Waals surface area contributed by atoms with Crippen LogP contribution in [0.25, 0.3) is 10.6 Å². The number of carbonyl (C=O) groups is 1. The normalized spacial score (nSPS) is 10.5. The predicted octanol–water partition coefficient (Wildman–Crippen LogP) is 3.06. The summed E-state index contributed by atoms with van der Waals surface area (Å²) < 4.78 is 5.29. The van der Waals surface area contributed by atoms with Gasteiger partial charge in [0.15, 0.2) is 11.7 Å². The second-order valence-electron chi connectivity index (χ2n) is 5.16. The van der Waals surface area contributed by atoms with Crippen molar-refractivity contribution in [1.82, 2.24) is 10.3 Å². The Bertz CT molecular complexity index is 938. The van der Waals surface area contributed by atoms with E-state index < -0.39 is 4.92 Å². The summed E-state index contributed by atoms with van der Waals surface area (Å²) in [6.07, 6.45) is 0. The number of benzene rings is 1. The van der Waals surface area contributed by atoms with Crippen molar-refractivity contribution in [2.75, 3.05) is 12.3 Å². The van der Waals surface area contributed by atoms with Crippen molar-refractivity contribution >= 4 is 39.4 Å². The second-order valence-corrected chi connectivity index (χ2v) is 7.21. The molecule has 0 spiro atoms. The predicted molar refractivity (Wildman–Crippen MR) is 100 cm³/mol. The molecule has 1 aromatic carbocycles. The molecule has 0 saturated heterocycles. The summed E-state index contributed by atoms with van der Waals surface area (Å²) in [5.41, 5.74) is 6.37. The molecule has 10 heteroatoms. The zero-order valence-electron chi connectivity index (χ0n) is 13.4. The van der Waals surface area contributed by atoms with Gasteiger partial charge in [-0.25, -0.2) is 4.98 Å². The maximum atomic E-state index is 11.9. The summed E-state index contributed by atoms with van der Waals surface area (Å²) in [6.45, 7) is 0.142. The molecule has 134 valence electrons. The fourth-order valence-electron chi connectivity index (χ4n) is 2.08. The molecule has 0 saturated carbocycles. The molecule has 0 aliphatic rings. The van der Waals surface area contributed by atoms with E-state index in [1.54, 1.807) is 6.07 Å². The minimum atomic E-state index is -0.517. The van der Waals surface area contributed by atoms with Crippen LogP contribution < -0.4 is 15.8 Å². The van der Waals surface area contributed by atoms with E-state index in [9.17, 15) is 14.9 Å². The lowest BCUT2D eigenvalue weighted by Crippen LogP contribution is -2.28. The van der Waals surface area contributed by atoms with Crippen molar-refractivity contribution < 1.29 is 14.5 Å². The van der Waals surface area contributed by atoms with Crippen LogP contribution in [0.1, 0.15) is 4.88 Å². The molecule has 0 unspecified atom stereocenters. The molecule has 0 radical (unpaired) electrons. The molecule has 0 bridgehead atoms. The van der Waals surface area contributed by atoms with Crippen LogP contribution in [-0.4, -0.2) is 22.4 Å². The number of carbonyl (C=O) groups excluding carboxylic acids is 1. The first-order valence-electron chi connectivity index (χ1n) is 7.45. The van der Waals surface area contributed by atoms with E-state index in [0.29, 0.717) is 11.7 Å². The number of nitrogen functional groups attached to an aromatic ring is 1. The fourth-order valence-corrected chi connectivity index (χ4v) is 3.63. The second kappa shape index (κ2) is 7.93. The third-order valence-electron chi connectivity index (χ3n) is 3.29. The molecule has 3 N–H and O–H groups in total. The molecular weight excluding hydrogens is 376 g/mol. The van der Waals surface area contributed by atoms with E-state index in [2.05, 4.69) is 10.3 Å². The van der Waals surface area contributed by atoms with Gasteiger partial charge in [-0.1, -0.05) is 6.07 Å². The summed E-state index contributed by atoms with van der Waals surface area (Å²) in [5.74, 6) is -0.0433. The molecule has 0 atom stereocenters. The average Bonchev–Trinajstić information content (AvgIpc) is 3.27. The van der Waals surface area contributed by atoms with Gasteiger partial charge in [0.25, 0.3) is 11.6 Å². The van der Waals surface area contributed by atoms with Gasteiger partial charge in [0.2, 0.25) is 0 Å². The van der Waals surface area contributed by atoms with E-state index in [1.807, 2.05) is 17.5 Å². The van der Waals surface area contributed by atoms with Crippen LogP contribution in [0.4, 0.5) is 10.8 Å². The Morgan fingerprint density at radius 3 is 2.92 bits per heavy atom. The maximum absolute atomic E-state index is 11.9. The number of nitro benzene ring substituents is 1. The summed E-state index contributed by atoms with van der Waals surface area (Å²) in [6, 6.07) is 9.54. The third-order valence-corrected chi connectivity index (χ3v) is 5.08. The van der Waals surface area contributed by atoms with Crippen molar-refractivity contribution in [2.24, 2.45) is 0 Å². The SMILES string of the molecule is Nc1nc(-c2ccc(CNC(=O)COc3cccc([N+](=O)[O-])c3)s2)cs1. The number of amides is 1. The first-order chi connectivity index (χ1) is 12.5. The van der Waals surface area contributed by atoms with Crippen molar-refractivity contribution in [3.8, 4) is 16.3 Å². The van der Waals surface area contributed by atoms with Gasteiger partial charge < -0.3 is 15.8 Å². The number of hydrogen-bond donors (Lipinski definition) is 2. The lowest BCUT2D eigenvalue weighted by atomic mass is 10.3. The number of nitro groups is 1. The van der Waals surface area contributed by atoms with Gasteiger partial charge in [-0.05, 0) is 18.2 Å². The molecule has 2 aromatic heterocycles. The third kappa shape index (κ3) is 4.55. The number of aromatic nitrogens is 1. The van der Waals surface area contributed by atoms with Crippen molar-refractivity contribution in [3.63, 3.8) is 0 Å². The highest BCUT2D eigenvalue weighted by molar-refractivity contribution is 7.16. The highest BCUT2D eigenvalue weighted by atomic mass is 32.1. The van der Waals surface area contributed by atoms with Crippen LogP contribution in [0.3, 0.4) is 0 Å². The Morgan fingerprint density at radius 1 is 1.35 bits per heavy atom. The molecular formula is C16H14N4O4S2. The smallest absolute Gasteiger partial charge is 0.273 e. The molecule has 0 aliphatic heterocycles. The van der Waals surface area contributed by atoms with Crippen LogP contribution in [0.5, 0.6) is 5.75 Å². The molecule has 8 nitrogen and oxygen atoms in total. The van der Waals surface area contributed by atoms with Crippen LogP contribution in [0.2, 0.25) is 0 Å². The van der Waals surface area contributed by atoms with Crippen LogP contribution in [0.15, 0.2) is 41.8 Å². The molecule has 0 fully saturated rings. The first-order valence-corrected chi connectivity index (χ1v) is 9.15. The number of rotatable bonds is 7. The van der Waals surface area contributed by atoms with Gasteiger partial charge in [0, 0.05) is 16.3 Å². The van der Waals surface area contributed by atoms with Crippen LogP contribution in [-0.2, 0) is 11.3 Å². The summed E-state index contributed by atoms with van der Waals surface area (Å²) in [5, 5.41) is 15.9. The van der Waals surface area contributed by atoms with Gasteiger partial charge in [-0.3, -0.25) is 14.9 Å². The van der Waals surface area contributed by atoms with Gasteiger partial charge in [-0.2, -0.15) is 0 Å². The summed E-state index contributed by atoms with van der Waals surface area (Å²) in [7, 11) is 0. The number of nitrogens with zero attached hydrogens (tertiary/aromatic N) is 2. The Labute approximate surface area is 156 Å². The topological polar surface area (TPSA) is 120 Å². The van der Waals surface area contributed by atoms with Crippen molar-refractivity contribution in [1.29, 1.82) is 0 Å². The van der Waals surface area contributed by atoms with Gasteiger partial charge in [0.1, 0.15) is 5.75 Å². The highest BCUT2D eigenvalue weighted by Crippen LogP contribution is 2.29. The number of thiazole rings is 1. The zero-order valence-corrected chi connectivity index (χ0v) is 15.0. The van der Waals surface area contributed by atoms with Crippen LogP contribution in [0, 0.1) is 10.1 Å². The number of nitrogens with one attached hydrogen (secondary N) is 1. The zero-order chi connectivity index (χ0) is 18.5. The minimum Gasteiger partial charge on any atom is -0.484 e. The van der Waals surface area contributed by atoms with E-state index in [1.165, 1.54) is 40.9 Å². The van der Waals surface area contributed by atoms with E-state index in [0.717, 1.165) is 15.4 Å². The quantitative estimate of drug-likeness (QED) is 0.472. The number of anilines is 1. The molecule has 2 heterocycles. The van der Waals surface area contributed by atoms with Crippen LogP contribution >= 0.6 is 22.7 Å². The van der Waals surface area contributed by atoms with Gasteiger partial charge >= 0.3 is 0 Å². The number of hydrogen-bond acceptors (Lipinski definition) is 8. The first kappa shape index (κ1) is 17.8. The number of thiophene rings is 1. The van der Waals surface area contributed by atoms with Crippen molar-refractivity contribution in [2.45, 2.75) is 6.54 Å². The average molecular weight is 390 g/mol. The highest BCUT2D eigenvalue weighted by Gasteiger charge is 2.10. The summed E-state index contributed by atoms with van der Waals surface area (Å²) in [4.78, 5) is 28.3. The lowest BCUT2D eigenvalue weighted by Gasteiger charge is -2.06. The fraction of sp³-hybridized carbons (Fsp3) is 0.125. The largest absolute Gasteiger partial charge is 0.484 e. The monoisotopic (exact) mass is 390 g/mol. The number of ether oxygens (including phenoxy) is 1. The minimum absolute atomic E-state index is 0.0864. The number of non-ortho nitro benzene ring substituents is 1. The molecule has 3 aromatic rings. The Kier molecular flexibility index (Phi) is 5.44. The van der Waals surface area contributed by atoms with E-state index in [4.69, 9.17) is 10.5 Å². The van der Waals surface area contributed by atoms with Gasteiger partial charge in [0.05, 0.1) is 28.1 Å². The van der Waals surface area contributed by atoms with E-state index in [-0.39, 0.29) is 24.0 Å². The maximum Gasteiger partial charge on any atom is 0.273 e. The Hall–Kier alpha value is -2.98. The van der Waals surface area contributed by atoms with E-state index >= 15 is 0 Å². The Morgan fingerprint density at radius 2 is 2.19 bits per heavy atom. The molecule has 26 heavy (non-hydrogen) atoms. The molecule has 1 amide bonds. The summed E-state index contributed by atoms with van der Waals surface area (Å²) >= 11 is 2.90. The standard InChI is InChI=1S/C16H14N4O4S2/c17-16-19-13(9-25-16)14-5-4-12(26-14)7-18-15(21)8-24-11-3-1-2-10(6-11)20(22)23/h1-6,9H,7-8H2,(H2,17,19)(H,18,21). The lowest BCUT2D eigenvalue weighted by molar-refractivity contribution is -0.384. The number of nitrogens with two attached hydrogens (primary N) is 1. The molecule has 3 rings (SSSR count). The van der Waals surface area contributed by atoms with Crippen molar-refractivity contribution in [3.05, 3.63) is 56.8 Å². The Balaban J connectivity index is 1.49.